The molecule has 0 saturated heterocycles. The normalized spacial score (nSPS) is 13.2. The average molecular weight is 382 g/mol. The average Bonchev–Trinajstić information content (AvgIpc) is 2.69. The SMILES string of the molecule is COc1ccc(Cl)cc1Nc1ncnc(N2CCc3ccccc3C2)c1N. The lowest BCUT2D eigenvalue weighted by Crippen LogP contribution is -2.31. The van der Waals surface area contributed by atoms with E-state index in [4.69, 9.17) is 22.1 Å². The predicted octanol–water partition coefficient (Wildman–Crippen LogP) is 4.03. The molecule has 0 bridgehead atoms. The van der Waals surface area contributed by atoms with Crippen molar-refractivity contribution in [3.05, 3.63) is 64.9 Å². The van der Waals surface area contributed by atoms with Gasteiger partial charge in [-0.3, -0.25) is 0 Å². The van der Waals surface area contributed by atoms with E-state index in [1.807, 2.05) is 0 Å². The molecule has 0 aliphatic carbocycles. The van der Waals surface area contributed by atoms with Gasteiger partial charge in [-0.1, -0.05) is 35.9 Å². The summed E-state index contributed by atoms with van der Waals surface area (Å²) in [7, 11) is 1.61. The van der Waals surface area contributed by atoms with E-state index in [0.29, 0.717) is 28.0 Å². The van der Waals surface area contributed by atoms with Gasteiger partial charge in [-0.25, -0.2) is 9.97 Å². The third-order valence-corrected chi connectivity index (χ3v) is 4.94. The highest BCUT2D eigenvalue weighted by Gasteiger charge is 2.21. The molecule has 1 aliphatic rings. The van der Waals surface area contributed by atoms with Gasteiger partial charge in [0.2, 0.25) is 0 Å². The fourth-order valence-electron chi connectivity index (χ4n) is 3.32. The Balaban J connectivity index is 1.64. The fourth-order valence-corrected chi connectivity index (χ4v) is 3.49. The van der Waals surface area contributed by atoms with Crippen molar-refractivity contribution in [2.24, 2.45) is 0 Å². The maximum Gasteiger partial charge on any atom is 0.159 e. The number of ether oxygens (including phenoxy) is 1. The van der Waals surface area contributed by atoms with Gasteiger partial charge in [0.25, 0.3) is 0 Å². The zero-order valence-electron chi connectivity index (χ0n) is 14.9. The molecule has 27 heavy (non-hydrogen) atoms. The maximum atomic E-state index is 6.41. The number of hydrogen-bond donors (Lipinski definition) is 2. The van der Waals surface area contributed by atoms with Crippen molar-refractivity contribution < 1.29 is 4.74 Å². The Kier molecular flexibility index (Phi) is 4.73. The summed E-state index contributed by atoms with van der Waals surface area (Å²) in [5.41, 5.74) is 10.3. The van der Waals surface area contributed by atoms with E-state index < -0.39 is 0 Å². The number of nitrogens with one attached hydrogen (secondary N) is 1. The van der Waals surface area contributed by atoms with Gasteiger partial charge in [-0.15, -0.1) is 0 Å². The number of fused-ring (bicyclic) bond motifs is 1. The van der Waals surface area contributed by atoms with Crippen LogP contribution in [0, 0.1) is 0 Å². The highest BCUT2D eigenvalue weighted by molar-refractivity contribution is 6.31. The van der Waals surface area contributed by atoms with Gasteiger partial charge in [-0.2, -0.15) is 0 Å². The Morgan fingerprint density at radius 1 is 1.15 bits per heavy atom. The van der Waals surface area contributed by atoms with Crippen LogP contribution < -0.4 is 20.7 Å². The van der Waals surface area contributed by atoms with Gasteiger partial charge in [0.05, 0.1) is 12.8 Å². The number of methoxy groups -OCH3 is 1. The van der Waals surface area contributed by atoms with E-state index in [9.17, 15) is 0 Å². The van der Waals surface area contributed by atoms with E-state index >= 15 is 0 Å². The lowest BCUT2D eigenvalue weighted by molar-refractivity contribution is 0.417. The predicted molar refractivity (Wildman–Crippen MR) is 109 cm³/mol. The van der Waals surface area contributed by atoms with Gasteiger partial charge in [0, 0.05) is 18.1 Å². The standard InChI is InChI=1S/C20H20ClN5O/c1-27-17-7-6-15(21)10-16(17)25-19-18(22)20(24-12-23-19)26-9-8-13-4-2-3-5-14(13)11-26/h2-7,10,12H,8-9,11,22H2,1H3,(H,23,24,25). The monoisotopic (exact) mass is 381 g/mol. The van der Waals surface area contributed by atoms with Crippen molar-refractivity contribution in [1.29, 1.82) is 0 Å². The Morgan fingerprint density at radius 3 is 2.78 bits per heavy atom. The minimum absolute atomic E-state index is 0.499. The summed E-state index contributed by atoms with van der Waals surface area (Å²) in [4.78, 5) is 10.9. The second-order valence-corrected chi connectivity index (χ2v) is 6.81. The van der Waals surface area contributed by atoms with Crippen LogP contribution in [-0.2, 0) is 13.0 Å². The summed E-state index contributed by atoms with van der Waals surface area (Å²) in [5.74, 6) is 1.91. The zero-order chi connectivity index (χ0) is 18.8. The Morgan fingerprint density at radius 2 is 1.96 bits per heavy atom. The minimum atomic E-state index is 0.499. The number of rotatable bonds is 4. The third-order valence-electron chi connectivity index (χ3n) is 4.71. The van der Waals surface area contributed by atoms with Crippen LogP contribution >= 0.6 is 11.6 Å². The zero-order valence-corrected chi connectivity index (χ0v) is 15.7. The Bertz CT molecular complexity index is 978. The molecule has 3 aromatic rings. The molecule has 138 valence electrons. The molecule has 2 heterocycles. The molecular formula is C20H20ClN5O. The van der Waals surface area contributed by atoms with Crippen molar-refractivity contribution in [3.63, 3.8) is 0 Å². The summed E-state index contributed by atoms with van der Waals surface area (Å²) in [6.07, 6.45) is 2.48. The van der Waals surface area contributed by atoms with Crippen LogP contribution in [0.3, 0.4) is 0 Å². The Hall–Kier alpha value is -2.99. The quantitative estimate of drug-likeness (QED) is 0.710. The van der Waals surface area contributed by atoms with Gasteiger partial charge < -0.3 is 20.7 Å². The molecule has 0 atom stereocenters. The molecule has 0 amide bonds. The summed E-state index contributed by atoms with van der Waals surface area (Å²) >= 11 is 6.11. The molecule has 0 radical (unpaired) electrons. The fraction of sp³-hybridized carbons (Fsp3) is 0.200. The topological polar surface area (TPSA) is 76.3 Å². The summed E-state index contributed by atoms with van der Waals surface area (Å²) in [5, 5.41) is 3.82. The molecule has 0 spiro atoms. The van der Waals surface area contributed by atoms with Gasteiger partial charge in [0.15, 0.2) is 11.6 Å². The van der Waals surface area contributed by atoms with Crippen LogP contribution in [0.2, 0.25) is 5.02 Å². The van der Waals surface area contributed by atoms with Gasteiger partial charge >= 0.3 is 0 Å². The molecule has 1 aromatic heterocycles. The first-order chi connectivity index (χ1) is 13.2. The van der Waals surface area contributed by atoms with E-state index in [1.54, 1.807) is 25.3 Å². The number of anilines is 4. The molecule has 4 rings (SSSR count). The molecule has 2 aromatic carbocycles. The molecular weight excluding hydrogens is 362 g/mol. The van der Waals surface area contributed by atoms with Crippen LogP contribution in [0.15, 0.2) is 48.8 Å². The largest absolute Gasteiger partial charge is 0.495 e. The molecule has 0 unspecified atom stereocenters. The van der Waals surface area contributed by atoms with E-state index in [2.05, 4.69) is 44.5 Å². The van der Waals surface area contributed by atoms with Crippen molar-refractivity contribution in [1.82, 2.24) is 9.97 Å². The van der Waals surface area contributed by atoms with E-state index in [-0.39, 0.29) is 0 Å². The second kappa shape index (κ2) is 7.32. The molecule has 6 nitrogen and oxygen atoms in total. The number of aromatic nitrogens is 2. The first-order valence-corrected chi connectivity index (χ1v) is 9.06. The van der Waals surface area contributed by atoms with Crippen molar-refractivity contribution in [2.75, 3.05) is 29.6 Å². The van der Waals surface area contributed by atoms with Crippen LogP contribution in [0.1, 0.15) is 11.1 Å². The number of nitrogens with two attached hydrogens (primary N) is 1. The minimum Gasteiger partial charge on any atom is -0.495 e. The molecule has 0 saturated carbocycles. The molecule has 0 fully saturated rings. The van der Waals surface area contributed by atoms with Crippen molar-refractivity contribution in [3.8, 4) is 5.75 Å². The first-order valence-electron chi connectivity index (χ1n) is 8.68. The maximum absolute atomic E-state index is 6.41. The number of nitrogens with zero attached hydrogens (tertiary/aromatic N) is 3. The van der Waals surface area contributed by atoms with E-state index in [1.165, 1.54) is 17.5 Å². The van der Waals surface area contributed by atoms with Crippen LogP contribution in [-0.4, -0.2) is 23.6 Å². The smallest absolute Gasteiger partial charge is 0.159 e. The number of benzene rings is 2. The molecule has 1 aliphatic heterocycles. The van der Waals surface area contributed by atoms with Crippen LogP contribution in [0.5, 0.6) is 5.75 Å². The third kappa shape index (κ3) is 3.48. The van der Waals surface area contributed by atoms with Crippen LogP contribution in [0.25, 0.3) is 0 Å². The summed E-state index contributed by atoms with van der Waals surface area (Å²) in [6.45, 7) is 1.63. The molecule has 7 heteroatoms. The number of nitrogen functional groups attached to an aromatic ring is 1. The van der Waals surface area contributed by atoms with Crippen molar-refractivity contribution in [2.45, 2.75) is 13.0 Å². The van der Waals surface area contributed by atoms with E-state index in [0.717, 1.165) is 25.3 Å². The second-order valence-electron chi connectivity index (χ2n) is 6.37. The number of halogens is 1. The molecule has 3 N–H and O–H groups in total. The van der Waals surface area contributed by atoms with Gasteiger partial charge in [-0.05, 0) is 35.7 Å². The highest BCUT2D eigenvalue weighted by atomic mass is 35.5. The van der Waals surface area contributed by atoms with Gasteiger partial charge in [0.1, 0.15) is 17.8 Å². The number of hydrogen-bond acceptors (Lipinski definition) is 6. The summed E-state index contributed by atoms with van der Waals surface area (Å²) < 4.78 is 5.38. The van der Waals surface area contributed by atoms with Crippen molar-refractivity contribution >= 4 is 34.6 Å². The van der Waals surface area contributed by atoms with Crippen LogP contribution in [0.4, 0.5) is 23.0 Å². The Labute approximate surface area is 163 Å². The lowest BCUT2D eigenvalue weighted by Gasteiger charge is -2.30. The lowest BCUT2D eigenvalue weighted by atomic mass is 10.00. The highest BCUT2D eigenvalue weighted by Crippen LogP contribution is 2.35. The summed E-state index contributed by atoms with van der Waals surface area (Å²) in [6, 6.07) is 13.8. The first kappa shape index (κ1) is 17.4.